The van der Waals surface area contributed by atoms with E-state index < -0.39 is 0 Å². The summed E-state index contributed by atoms with van der Waals surface area (Å²) in [5.41, 5.74) is 9.77. The van der Waals surface area contributed by atoms with E-state index in [0.717, 1.165) is 61.1 Å². The van der Waals surface area contributed by atoms with Crippen LogP contribution in [0.5, 0.6) is 0 Å². The molecule has 0 saturated heterocycles. The van der Waals surface area contributed by atoms with Crippen LogP contribution in [0.4, 0.5) is 0 Å². The molecule has 2 heterocycles. The molecule has 2 aromatic heterocycles. The molecule has 9 aromatic carbocycles. The van der Waals surface area contributed by atoms with Gasteiger partial charge in [0.2, 0.25) is 0 Å². The van der Waals surface area contributed by atoms with Crippen molar-refractivity contribution in [3.8, 4) is 44.8 Å². The van der Waals surface area contributed by atoms with Crippen molar-refractivity contribution in [1.82, 2.24) is 9.97 Å². The van der Waals surface area contributed by atoms with Crippen molar-refractivity contribution in [3.63, 3.8) is 0 Å². The van der Waals surface area contributed by atoms with E-state index >= 15 is 0 Å². The number of benzene rings is 9. The Kier molecular flexibility index (Phi) is 6.90. The molecule has 250 valence electrons. The second-order valence-corrected chi connectivity index (χ2v) is 14.1. The summed E-state index contributed by atoms with van der Waals surface area (Å²) in [6.45, 7) is 0. The predicted molar refractivity (Wildman–Crippen MR) is 229 cm³/mol. The first-order valence-corrected chi connectivity index (χ1v) is 18.5. The molecule has 11 aromatic rings. The zero-order chi connectivity index (χ0) is 35.6. The number of fused-ring (bicyclic) bond motifs is 11. The summed E-state index contributed by atoms with van der Waals surface area (Å²) in [6, 6.07) is 67.9. The molecule has 0 atom stereocenters. The fraction of sp³-hybridized carbons (Fsp3) is 0. The van der Waals surface area contributed by atoms with Crippen LogP contribution < -0.4 is 0 Å². The average molecular weight is 685 g/mol. The maximum absolute atomic E-state index is 5.60. The van der Waals surface area contributed by atoms with Crippen molar-refractivity contribution in [3.05, 3.63) is 194 Å². The lowest BCUT2D eigenvalue weighted by atomic mass is 9.90. The van der Waals surface area contributed by atoms with E-state index in [9.17, 15) is 0 Å². The smallest absolute Gasteiger partial charge is 0.0794 e. The molecule has 0 aliphatic rings. The van der Waals surface area contributed by atoms with Gasteiger partial charge in [0.25, 0.3) is 0 Å². The molecule has 0 fully saturated rings. The van der Waals surface area contributed by atoms with E-state index in [1.807, 2.05) is 18.3 Å². The van der Waals surface area contributed by atoms with Gasteiger partial charge in [0, 0.05) is 39.0 Å². The number of hydrogen-bond donors (Lipinski definition) is 0. The van der Waals surface area contributed by atoms with Crippen LogP contribution in [0, 0.1) is 0 Å². The highest BCUT2D eigenvalue weighted by Gasteiger charge is 2.17. The van der Waals surface area contributed by atoms with E-state index in [4.69, 9.17) is 4.98 Å². The number of pyridine rings is 2. The van der Waals surface area contributed by atoms with Crippen LogP contribution in [-0.2, 0) is 0 Å². The summed E-state index contributed by atoms with van der Waals surface area (Å²) in [7, 11) is 0. The Balaban J connectivity index is 1.13. The Bertz CT molecular complexity index is 3220. The Morgan fingerprint density at radius 3 is 1.67 bits per heavy atom. The van der Waals surface area contributed by atoms with Gasteiger partial charge in [0.15, 0.2) is 0 Å². The molecule has 2 heteroatoms. The number of aromatic nitrogens is 2. The van der Waals surface area contributed by atoms with E-state index in [1.54, 1.807) is 0 Å². The lowest BCUT2D eigenvalue weighted by molar-refractivity contribution is 1.33. The Labute approximate surface area is 312 Å². The summed E-state index contributed by atoms with van der Waals surface area (Å²) >= 11 is 0. The molecule has 0 aliphatic carbocycles. The molecule has 0 spiro atoms. The maximum Gasteiger partial charge on any atom is 0.0794 e. The molecule has 0 N–H and O–H groups in total. The average Bonchev–Trinajstić information content (AvgIpc) is 3.26. The molecular weight excluding hydrogens is 653 g/mol. The second-order valence-electron chi connectivity index (χ2n) is 14.1. The van der Waals surface area contributed by atoms with Gasteiger partial charge in [-0.3, -0.25) is 4.98 Å². The molecule has 0 radical (unpaired) electrons. The first-order valence-electron chi connectivity index (χ1n) is 18.5. The number of hydrogen-bond acceptors (Lipinski definition) is 2. The molecule has 0 aliphatic heterocycles. The van der Waals surface area contributed by atoms with Gasteiger partial charge in [-0.2, -0.15) is 0 Å². The van der Waals surface area contributed by atoms with Crippen LogP contribution in [0.3, 0.4) is 0 Å². The van der Waals surface area contributed by atoms with Gasteiger partial charge in [-0.05, 0) is 84.0 Å². The van der Waals surface area contributed by atoms with Gasteiger partial charge >= 0.3 is 0 Å². The first-order chi connectivity index (χ1) is 26.8. The van der Waals surface area contributed by atoms with Crippen molar-refractivity contribution >= 4 is 64.8 Å². The number of nitrogens with zero attached hydrogens (tertiary/aromatic N) is 2. The molecule has 0 amide bonds. The Morgan fingerprint density at radius 1 is 0.315 bits per heavy atom. The van der Waals surface area contributed by atoms with Gasteiger partial charge in [-0.15, -0.1) is 0 Å². The summed E-state index contributed by atoms with van der Waals surface area (Å²) in [4.78, 5) is 10.2. The number of para-hydroxylation sites is 1. The number of rotatable bonds is 4. The molecule has 54 heavy (non-hydrogen) atoms. The van der Waals surface area contributed by atoms with Crippen LogP contribution in [0.2, 0.25) is 0 Å². The largest absolute Gasteiger partial charge is 0.256 e. The Hall–Kier alpha value is -7.16. The highest BCUT2D eigenvalue weighted by Crippen LogP contribution is 2.42. The van der Waals surface area contributed by atoms with E-state index in [1.165, 1.54) is 48.5 Å². The zero-order valence-electron chi connectivity index (χ0n) is 29.4. The van der Waals surface area contributed by atoms with Crippen molar-refractivity contribution < 1.29 is 0 Å². The van der Waals surface area contributed by atoms with E-state index in [-0.39, 0.29) is 0 Å². The third kappa shape index (κ3) is 4.81. The van der Waals surface area contributed by atoms with Gasteiger partial charge in [-0.1, -0.05) is 164 Å². The van der Waals surface area contributed by atoms with Crippen molar-refractivity contribution in [2.24, 2.45) is 0 Å². The second kappa shape index (κ2) is 12.2. The van der Waals surface area contributed by atoms with Crippen LogP contribution in [0.1, 0.15) is 0 Å². The monoisotopic (exact) mass is 684 g/mol. The lowest BCUT2D eigenvalue weighted by Gasteiger charge is -2.16. The molecular formula is C52H32N2. The summed E-state index contributed by atoms with van der Waals surface area (Å²) in [5, 5.41) is 13.6. The van der Waals surface area contributed by atoms with E-state index in [0.29, 0.717) is 0 Å². The third-order valence-electron chi connectivity index (χ3n) is 11.1. The zero-order valence-corrected chi connectivity index (χ0v) is 29.4. The van der Waals surface area contributed by atoms with Crippen LogP contribution in [-0.4, -0.2) is 9.97 Å². The van der Waals surface area contributed by atoms with Gasteiger partial charge < -0.3 is 0 Å². The van der Waals surface area contributed by atoms with Gasteiger partial charge in [0.05, 0.1) is 16.9 Å². The van der Waals surface area contributed by atoms with Crippen LogP contribution in [0.15, 0.2) is 194 Å². The van der Waals surface area contributed by atoms with Crippen molar-refractivity contribution in [2.75, 3.05) is 0 Å². The quantitative estimate of drug-likeness (QED) is 0.172. The molecule has 0 unspecified atom stereocenters. The minimum Gasteiger partial charge on any atom is -0.256 e. The fourth-order valence-corrected chi connectivity index (χ4v) is 8.54. The normalized spacial score (nSPS) is 11.7. The summed E-state index contributed by atoms with van der Waals surface area (Å²) in [6.07, 6.45) is 1.84. The topological polar surface area (TPSA) is 25.8 Å². The molecule has 2 nitrogen and oxygen atoms in total. The highest BCUT2D eigenvalue weighted by molar-refractivity contribution is 6.27. The molecule has 11 rings (SSSR count). The maximum atomic E-state index is 5.60. The van der Waals surface area contributed by atoms with Crippen molar-refractivity contribution in [1.29, 1.82) is 0 Å². The highest BCUT2D eigenvalue weighted by atomic mass is 14.7. The van der Waals surface area contributed by atoms with Crippen molar-refractivity contribution in [2.45, 2.75) is 0 Å². The predicted octanol–water partition coefficient (Wildman–Crippen LogP) is 14.1. The Morgan fingerprint density at radius 2 is 0.907 bits per heavy atom. The lowest BCUT2D eigenvalue weighted by Crippen LogP contribution is -1.94. The van der Waals surface area contributed by atoms with Gasteiger partial charge in [0.1, 0.15) is 0 Å². The third-order valence-corrected chi connectivity index (χ3v) is 11.1. The minimum atomic E-state index is 0.971. The SMILES string of the molecule is c1ccc(-c2cccc(-c3ccc(-c4nc5c(-c6ccc7c8ccccc8c8ccccc8c7c6)cccc5c5c4ccc4ccccc45)cc3)c2)nc1. The molecule has 0 saturated carbocycles. The summed E-state index contributed by atoms with van der Waals surface area (Å²) in [5.74, 6) is 0. The minimum absolute atomic E-state index is 0.971. The first kappa shape index (κ1) is 30.5. The summed E-state index contributed by atoms with van der Waals surface area (Å²) < 4.78 is 0. The van der Waals surface area contributed by atoms with E-state index in [2.05, 4.69) is 181 Å². The standard InChI is InChI=1S/C52H32N2/c1-2-14-39-34(11-1)26-29-47-50(39)46-20-10-19-40(37-27-28-45-43-17-4-3-15-41(43)42-16-5-6-18-44(42)48(45)32-37)52(46)54-51(47)35-24-22-33(23-25-35)36-12-9-13-38(31-36)49-21-7-8-30-53-49/h1-32H. The van der Waals surface area contributed by atoms with Gasteiger partial charge in [-0.25, -0.2) is 4.98 Å². The van der Waals surface area contributed by atoms with Crippen LogP contribution in [0.25, 0.3) is 110 Å². The molecule has 0 bridgehead atoms. The van der Waals surface area contributed by atoms with Crippen LogP contribution >= 0.6 is 0 Å². The fourth-order valence-electron chi connectivity index (χ4n) is 8.54.